The van der Waals surface area contributed by atoms with E-state index in [9.17, 15) is 18.3 Å². The highest BCUT2D eigenvalue weighted by Crippen LogP contribution is 2.30. The molecule has 0 spiro atoms. The summed E-state index contributed by atoms with van der Waals surface area (Å²) in [6.07, 6.45) is 1.72. The molecule has 0 saturated heterocycles. The number of rotatable bonds is 2. The Morgan fingerprint density at radius 3 is 2.48 bits per heavy atom. The lowest BCUT2D eigenvalue weighted by atomic mass is 9.96. The van der Waals surface area contributed by atoms with Crippen molar-refractivity contribution in [2.24, 2.45) is 0 Å². The van der Waals surface area contributed by atoms with Crippen molar-refractivity contribution in [3.05, 3.63) is 77.4 Å². The van der Waals surface area contributed by atoms with Crippen LogP contribution in [-0.4, -0.2) is 10.1 Å². The molecule has 1 heterocycles. The third kappa shape index (κ3) is 2.36. The molecule has 3 rings (SSSR count). The summed E-state index contributed by atoms with van der Waals surface area (Å²) in [5, 5.41) is 11.8. The Morgan fingerprint density at radius 1 is 0.905 bits per heavy atom. The van der Waals surface area contributed by atoms with E-state index in [-0.39, 0.29) is 5.56 Å². The molecule has 21 heavy (non-hydrogen) atoms. The fourth-order valence-electron chi connectivity index (χ4n) is 2.29. The summed E-state index contributed by atoms with van der Waals surface area (Å²) in [4.78, 5) is 3.96. The van der Waals surface area contributed by atoms with E-state index in [1.165, 1.54) is 6.20 Å². The second-order valence-electron chi connectivity index (χ2n) is 4.63. The number of aromatic nitrogens is 1. The first kappa shape index (κ1) is 13.6. The van der Waals surface area contributed by atoms with Crippen molar-refractivity contribution >= 4 is 10.8 Å². The van der Waals surface area contributed by atoms with Gasteiger partial charge in [0.15, 0.2) is 11.6 Å². The Labute approximate surface area is 118 Å². The molecule has 1 unspecified atom stereocenters. The van der Waals surface area contributed by atoms with Crippen molar-refractivity contribution in [3.63, 3.8) is 0 Å². The first-order chi connectivity index (χ1) is 10.1. The summed E-state index contributed by atoms with van der Waals surface area (Å²) < 4.78 is 40.0. The molecule has 0 aliphatic rings. The summed E-state index contributed by atoms with van der Waals surface area (Å²) in [7, 11) is 0. The van der Waals surface area contributed by atoms with Crippen LogP contribution >= 0.6 is 0 Å². The lowest BCUT2D eigenvalue weighted by Crippen LogP contribution is -2.05. The molecule has 0 bridgehead atoms. The normalized spacial score (nSPS) is 12.6. The quantitative estimate of drug-likeness (QED) is 0.729. The van der Waals surface area contributed by atoms with Gasteiger partial charge in [0.2, 0.25) is 0 Å². The lowest BCUT2D eigenvalue weighted by molar-refractivity contribution is 0.215. The van der Waals surface area contributed by atoms with E-state index in [1.807, 2.05) is 6.07 Å². The standard InChI is InChI=1S/C16H10F3NO/c17-13-7-15(19)14(18)6-11(13)16(21)10-3-1-2-9-4-5-20-8-12(9)10/h1-8,16,21H. The summed E-state index contributed by atoms with van der Waals surface area (Å²) in [6.45, 7) is 0. The molecule has 5 heteroatoms. The molecular formula is C16H10F3NO. The minimum absolute atomic E-state index is 0.315. The Bertz CT molecular complexity index is 814. The number of nitrogens with zero attached hydrogens (tertiary/aromatic N) is 1. The summed E-state index contributed by atoms with van der Waals surface area (Å²) in [6, 6.07) is 7.94. The molecule has 3 aromatic rings. The Hall–Kier alpha value is -2.40. The number of benzene rings is 2. The fraction of sp³-hybridized carbons (Fsp3) is 0.0625. The lowest BCUT2D eigenvalue weighted by Gasteiger charge is -2.15. The minimum Gasteiger partial charge on any atom is -0.384 e. The van der Waals surface area contributed by atoms with Crippen molar-refractivity contribution in [2.45, 2.75) is 6.10 Å². The average molecular weight is 289 g/mol. The molecular weight excluding hydrogens is 279 g/mol. The second-order valence-corrected chi connectivity index (χ2v) is 4.63. The highest BCUT2D eigenvalue weighted by Gasteiger charge is 2.20. The average Bonchev–Trinajstić information content (AvgIpc) is 2.49. The number of fused-ring (bicyclic) bond motifs is 1. The number of hydrogen-bond donors (Lipinski definition) is 1. The van der Waals surface area contributed by atoms with Gasteiger partial charge in [0.05, 0.1) is 0 Å². The molecule has 0 fully saturated rings. The molecule has 1 atom stereocenters. The van der Waals surface area contributed by atoms with Crippen LogP contribution in [0.5, 0.6) is 0 Å². The highest BCUT2D eigenvalue weighted by atomic mass is 19.2. The zero-order valence-corrected chi connectivity index (χ0v) is 10.7. The summed E-state index contributed by atoms with van der Waals surface area (Å²) >= 11 is 0. The van der Waals surface area contributed by atoms with Gasteiger partial charge in [0.25, 0.3) is 0 Å². The first-order valence-corrected chi connectivity index (χ1v) is 6.23. The van der Waals surface area contributed by atoms with E-state index in [4.69, 9.17) is 0 Å². The molecule has 106 valence electrons. The van der Waals surface area contributed by atoms with Gasteiger partial charge in [-0.05, 0) is 23.1 Å². The van der Waals surface area contributed by atoms with Crippen LogP contribution in [0.15, 0.2) is 48.8 Å². The van der Waals surface area contributed by atoms with Crippen LogP contribution in [0.4, 0.5) is 13.2 Å². The van der Waals surface area contributed by atoms with Crippen molar-refractivity contribution < 1.29 is 18.3 Å². The van der Waals surface area contributed by atoms with Gasteiger partial charge in [-0.25, -0.2) is 13.2 Å². The van der Waals surface area contributed by atoms with Crippen LogP contribution in [0.25, 0.3) is 10.8 Å². The van der Waals surface area contributed by atoms with Crippen LogP contribution in [0.1, 0.15) is 17.2 Å². The number of halogens is 3. The van der Waals surface area contributed by atoms with Gasteiger partial charge in [-0.3, -0.25) is 4.98 Å². The minimum atomic E-state index is -1.41. The largest absolute Gasteiger partial charge is 0.384 e. The van der Waals surface area contributed by atoms with Crippen molar-refractivity contribution in [1.82, 2.24) is 4.98 Å². The van der Waals surface area contributed by atoms with Crippen LogP contribution in [0.2, 0.25) is 0 Å². The monoisotopic (exact) mass is 289 g/mol. The maximum atomic E-state index is 13.8. The Kier molecular flexibility index (Phi) is 3.35. The van der Waals surface area contributed by atoms with Crippen molar-refractivity contribution in [2.75, 3.05) is 0 Å². The molecule has 0 saturated carbocycles. The SMILES string of the molecule is OC(c1cc(F)c(F)cc1F)c1cccc2ccncc12. The van der Waals surface area contributed by atoms with Gasteiger partial charge in [-0.15, -0.1) is 0 Å². The second kappa shape index (κ2) is 5.18. The maximum absolute atomic E-state index is 13.8. The van der Waals surface area contributed by atoms with Crippen molar-refractivity contribution in [1.29, 1.82) is 0 Å². The topological polar surface area (TPSA) is 33.1 Å². The predicted molar refractivity (Wildman–Crippen MR) is 72.1 cm³/mol. The van der Waals surface area contributed by atoms with E-state index in [0.717, 1.165) is 5.39 Å². The molecule has 0 radical (unpaired) electrons. The third-order valence-electron chi connectivity index (χ3n) is 3.35. The zero-order valence-electron chi connectivity index (χ0n) is 10.7. The molecule has 1 N–H and O–H groups in total. The maximum Gasteiger partial charge on any atom is 0.161 e. The third-order valence-corrected chi connectivity index (χ3v) is 3.35. The van der Waals surface area contributed by atoms with E-state index in [0.29, 0.717) is 23.1 Å². The Balaban J connectivity index is 2.17. The zero-order chi connectivity index (χ0) is 15.0. The number of hydrogen-bond acceptors (Lipinski definition) is 2. The van der Waals surface area contributed by atoms with Gasteiger partial charge in [-0.2, -0.15) is 0 Å². The number of pyridine rings is 1. The molecule has 0 amide bonds. The van der Waals surface area contributed by atoms with Crippen LogP contribution in [-0.2, 0) is 0 Å². The van der Waals surface area contributed by atoms with Crippen LogP contribution in [0.3, 0.4) is 0 Å². The van der Waals surface area contributed by atoms with Gasteiger partial charge in [0, 0.05) is 29.4 Å². The van der Waals surface area contributed by atoms with Crippen molar-refractivity contribution in [3.8, 4) is 0 Å². The van der Waals surface area contributed by atoms with Gasteiger partial charge in [-0.1, -0.05) is 18.2 Å². The number of aliphatic hydroxyl groups excluding tert-OH is 1. The number of aliphatic hydroxyl groups is 1. The van der Waals surface area contributed by atoms with Gasteiger partial charge < -0.3 is 5.11 Å². The highest BCUT2D eigenvalue weighted by molar-refractivity contribution is 5.85. The molecule has 1 aromatic heterocycles. The molecule has 0 aliphatic heterocycles. The molecule has 2 nitrogen and oxygen atoms in total. The molecule has 2 aromatic carbocycles. The van der Waals surface area contributed by atoms with E-state index >= 15 is 0 Å². The van der Waals surface area contributed by atoms with E-state index in [1.54, 1.807) is 24.4 Å². The smallest absolute Gasteiger partial charge is 0.161 e. The van der Waals surface area contributed by atoms with Crippen LogP contribution < -0.4 is 0 Å². The summed E-state index contributed by atoms with van der Waals surface area (Å²) in [5.74, 6) is -3.49. The van der Waals surface area contributed by atoms with Gasteiger partial charge >= 0.3 is 0 Å². The van der Waals surface area contributed by atoms with Gasteiger partial charge in [0.1, 0.15) is 11.9 Å². The summed E-state index contributed by atoms with van der Waals surface area (Å²) in [5.41, 5.74) is 0.0655. The van der Waals surface area contributed by atoms with Crippen LogP contribution in [0, 0.1) is 17.5 Å². The van der Waals surface area contributed by atoms with E-state index in [2.05, 4.69) is 4.98 Å². The molecule has 0 aliphatic carbocycles. The Morgan fingerprint density at radius 2 is 1.67 bits per heavy atom. The fourth-order valence-corrected chi connectivity index (χ4v) is 2.29. The van der Waals surface area contributed by atoms with E-state index < -0.39 is 23.6 Å². The predicted octanol–water partition coefficient (Wildman–Crippen LogP) is 3.73. The first-order valence-electron chi connectivity index (χ1n) is 6.23.